The number of pyridine rings is 1. The zero-order valence-corrected chi connectivity index (χ0v) is 12.0. The number of halogens is 1. The second-order valence-corrected chi connectivity index (χ2v) is 4.88. The van der Waals surface area contributed by atoms with Gasteiger partial charge in [0.1, 0.15) is 5.78 Å². The maximum atomic E-state index is 11.8. The second-order valence-electron chi connectivity index (χ2n) is 3.96. The van der Waals surface area contributed by atoms with Crippen molar-refractivity contribution in [2.45, 2.75) is 26.7 Å². The van der Waals surface area contributed by atoms with Crippen LogP contribution in [-0.4, -0.2) is 35.3 Å². The first-order valence-electron chi connectivity index (χ1n) is 6.00. The SMILES string of the molecule is CCN(CC)CCC(=O)Cc1ccc(Br)cn1. The van der Waals surface area contributed by atoms with E-state index in [1.165, 1.54) is 0 Å². The number of hydrogen-bond acceptors (Lipinski definition) is 3. The average molecular weight is 299 g/mol. The molecule has 0 atom stereocenters. The van der Waals surface area contributed by atoms with Gasteiger partial charge in [0, 0.05) is 35.7 Å². The zero-order chi connectivity index (χ0) is 12.7. The fourth-order valence-corrected chi connectivity index (χ4v) is 1.86. The van der Waals surface area contributed by atoms with Crippen molar-refractivity contribution in [2.24, 2.45) is 0 Å². The molecule has 1 aromatic heterocycles. The van der Waals surface area contributed by atoms with Crippen molar-refractivity contribution in [3.8, 4) is 0 Å². The number of rotatable bonds is 7. The van der Waals surface area contributed by atoms with E-state index in [0.717, 1.165) is 29.8 Å². The lowest BCUT2D eigenvalue weighted by Crippen LogP contribution is -2.26. The molecule has 0 fully saturated rings. The van der Waals surface area contributed by atoms with E-state index < -0.39 is 0 Å². The molecule has 0 aromatic carbocycles. The summed E-state index contributed by atoms with van der Waals surface area (Å²) < 4.78 is 0.942. The van der Waals surface area contributed by atoms with Crippen LogP contribution in [0.2, 0.25) is 0 Å². The molecule has 0 unspecified atom stereocenters. The molecule has 4 heteroatoms. The summed E-state index contributed by atoms with van der Waals surface area (Å²) in [5.74, 6) is 0.256. The van der Waals surface area contributed by atoms with Crippen LogP contribution in [0.25, 0.3) is 0 Å². The summed E-state index contributed by atoms with van der Waals surface area (Å²) in [6, 6.07) is 3.80. The van der Waals surface area contributed by atoms with E-state index in [0.29, 0.717) is 12.8 Å². The summed E-state index contributed by atoms with van der Waals surface area (Å²) >= 11 is 3.33. The van der Waals surface area contributed by atoms with Crippen LogP contribution in [0.15, 0.2) is 22.8 Å². The Morgan fingerprint density at radius 1 is 1.35 bits per heavy atom. The van der Waals surface area contributed by atoms with E-state index in [9.17, 15) is 4.79 Å². The molecule has 0 spiro atoms. The quantitative estimate of drug-likeness (QED) is 0.776. The number of nitrogens with zero attached hydrogens (tertiary/aromatic N) is 2. The van der Waals surface area contributed by atoms with Crippen LogP contribution >= 0.6 is 15.9 Å². The highest BCUT2D eigenvalue weighted by atomic mass is 79.9. The van der Waals surface area contributed by atoms with Gasteiger partial charge in [-0.1, -0.05) is 13.8 Å². The fraction of sp³-hybridized carbons (Fsp3) is 0.538. The smallest absolute Gasteiger partial charge is 0.140 e. The maximum Gasteiger partial charge on any atom is 0.140 e. The Labute approximate surface area is 111 Å². The van der Waals surface area contributed by atoms with Crippen LogP contribution in [0.1, 0.15) is 26.0 Å². The fourth-order valence-electron chi connectivity index (χ4n) is 1.62. The molecule has 3 nitrogen and oxygen atoms in total. The Hall–Kier alpha value is -0.740. The third-order valence-corrected chi connectivity index (χ3v) is 3.24. The van der Waals surface area contributed by atoms with Crippen molar-refractivity contribution in [1.29, 1.82) is 0 Å². The van der Waals surface area contributed by atoms with Crippen molar-refractivity contribution in [1.82, 2.24) is 9.88 Å². The number of ketones is 1. The Bertz CT molecular complexity index is 347. The Morgan fingerprint density at radius 3 is 2.59 bits per heavy atom. The first-order chi connectivity index (χ1) is 8.15. The molecular weight excluding hydrogens is 280 g/mol. The van der Waals surface area contributed by atoms with Crippen LogP contribution in [0, 0.1) is 0 Å². The van der Waals surface area contributed by atoms with Gasteiger partial charge in [0.25, 0.3) is 0 Å². The normalized spacial score (nSPS) is 10.8. The Balaban J connectivity index is 2.37. The summed E-state index contributed by atoms with van der Waals surface area (Å²) in [5, 5.41) is 0. The molecule has 0 aliphatic carbocycles. The third-order valence-electron chi connectivity index (χ3n) is 2.77. The standard InChI is InChI=1S/C13H19BrN2O/c1-3-16(4-2)8-7-13(17)9-12-6-5-11(14)10-15-12/h5-6,10H,3-4,7-9H2,1-2H3. The first kappa shape index (κ1) is 14.3. The van der Waals surface area contributed by atoms with E-state index in [4.69, 9.17) is 0 Å². The zero-order valence-electron chi connectivity index (χ0n) is 10.4. The minimum atomic E-state index is 0.256. The topological polar surface area (TPSA) is 33.2 Å². The van der Waals surface area contributed by atoms with Gasteiger partial charge in [-0.3, -0.25) is 9.78 Å². The van der Waals surface area contributed by atoms with Gasteiger partial charge in [-0.2, -0.15) is 0 Å². The predicted molar refractivity (Wildman–Crippen MR) is 73.1 cm³/mol. The Kier molecular flexibility index (Phi) is 6.37. The molecule has 0 aliphatic heterocycles. The van der Waals surface area contributed by atoms with E-state index in [1.807, 2.05) is 12.1 Å². The van der Waals surface area contributed by atoms with Gasteiger partial charge >= 0.3 is 0 Å². The molecule has 0 aliphatic rings. The molecule has 1 aromatic rings. The van der Waals surface area contributed by atoms with Crippen molar-refractivity contribution in [2.75, 3.05) is 19.6 Å². The van der Waals surface area contributed by atoms with Gasteiger partial charge in [0.05, 0.1) is 0 Å². The van der Waals surface area contributed by atoms with Gasteiger partial charge in [-0.05, 0) is 41.2 Å². The molecule has 0 N–H and O–H groups in total. The van der Waals surface area contributed by atoms with Crippen LogP contribution in [0.5, 0.6) is 0 Å². The second kappa shape index (κ2) is 7.56. The summed E-state index contributed by atoms with van der Waals surface area (Å²) in [6.07, 6.45) is 2.78. The Morgan fingerprint density at radius 2 is 2.06 bits per heavy atom. The summed E-state index contributed by atoms with van der Waals surface area (Å²) in [6.45, 7) is 7.08. The summed E-state index contributed by atoms with van der Waals surface area (Å²) in [5.41, 5.74) is 0.845. The van der Waals surface area contributed by atoms with Gasteiger partial charge in [-0.25, -0.2) is 0 Å². The van der Waals surface area contributed by atoms with Crippen LogP contribution in [0.3, 0.4) is 0 Å². The lowest BCUT2D eigenvalue weighted by molar-refractivity contribution is -0.118. The highest BCUT2D eigenvalue weighted by Gasteiger charge is 2.07. The monoisotopic (exact) mass is 298 g/mol. The highest BCUT2D eigenvalue weighted by molar-refractivity contribution is 9.10. The number of Topliss-reactive ketones (excluding diaryl/α,β-unsaturated/α-hetero) is 1. The number of carbonyl (C=O) groups excluding carboxylic acids is 1. The molecule has 0 radical (unpaired) electrons. The van der Waals surface area contributed by atoms with E-state index in [1.54, 1.807) is 6.20 Å². The molecule has 0 saturated heterocycles. The average Bonchev–Trinajstić information content (AvgIpc) is 2.33. The van der Waals surface area contributed by atoms with Crippen molar-refractivity contribution < 1.29 is 4.79 Å². The number of carbonyl (C=O) groups is 1. The van der Waals surface area contributed by atoms with E-state index >= 15 is 0 Å². The molecular formula is C13H19BrN2O. The lowest BCUT2D eigenvalue weighted by atomic mass is 10.1. The van der Waals surface area contributed by atoms with Crippen LogP contribution in [-0.2, 0) is 11.2 Å². The van der Waals surface area contributed by atoms with Crippen molar-refractivity contribution in [3.63, 3.8) is 0 Å². The minimum absolute atomic E-state index is 0.256. The predicted octanol–water partition coefficient (Wildman–Crippen LogP) is 2.69. The van der Waals surface area contributed by atoms with Gasteiger partial charge in [-0.15, -0.1) is 0 Å². The molecule has 0 saturated carbocycles. The molecule has 94 valence electrons. The maximum absolute atomic E-state index is 11.8. The highest BCUT2D eigenvalue weighted by Crippen LogP contribution is 2.08. The van der Waals surface area contributed by atoms with Crippen LogP contribution in [0.4, 0.5) is 0 Å². The number of aromatic nitrogens is 1. The van der Waals surface area contributed by atoms with Gasteiger partial charge in [0.15, 0.2) is 0 Å². The van der Waals surface area contributed by atoms with Crippen LogP contribution < -0.4 is 0 Å². The largest absolute Gasteiger partial charge is 0.303 e. The van der Waals surface area contributed by atoms with Crippen molar-refractivity contribution >= 4 is 21.7 Å². The minimum Gasteiger partial charge on any atom is -0.303 e. The van der Waals surface area contributed by atoms with Gasteiger partial charge in [0.2, 0.25) is 0 Å². The molecule has 1 rings (SSSR count). The van der Waals surface area contributed by atoms with E-state index in [2.05, 4.69) is 39.7 Å². The van der Waals surface area contributed by atoms with Crippen molar-refractivity contribution in [3.05, 3.63) is 28.5 Å². The molecule has 1 heterocycles. The lowest BCUT2D eigenvalue weighted by Gasteiger charge is -2.16. The summed E-state index contributed by atoms with van der Waals surface area (Å²) in [7, 11) is 0. The molecule has 17 heavy (non-hydrogen) atoms. The first-order valence-corrected chi connectivity index (χ1v) is 6.79. The third kappa shape index (κ3) is 5.41. The molecule has 0 bridgehead atoms. The number of hydrogen-bond donors (Lipinski definition) is 0. The summed E-state index contributed by atoms with van der Waals surface area (Å²) in [4.78, 5) is 18.2. The van der Waals surface area contributed by atoms with E-state index in [-0.39, 0.29) is 5.78 Å². The van der Waals surface area contributed by atoms with Gasteiger partial charge < -0.3 is 4.90 Å². The molecule has 0 amide bonds.